The van der Waals surface area contributed by atoms with Crippen molar-refractivity contribution < 1.29 is 19.4 Å². The topological polar surface area (TPSA) is 73.6 Å². The second kappa shape index (κ2) is 7.42. The fourth-order valence-corrected chi connectivity index (χ4v) is 2.79. The van der Waals surface area contributed by atoms with E-state index in [0.29, 0.717) is 16.8 Å². The Kier molecular flexibility index (Phi) is 5.51. The number of phenols is 1. The molecule has 0 unspecified atom stereocenters. The van der Waals surface area contributed by atoms with Gasteiger partial charge in [0.1, 0.15) is 0 Å². The minimum atomic E-state index is -0.118. The Bertz CT molecular complexity index is 794. The molecular formula is C19H24N2O4. The van der Waals surface area contributed by atoms with Crippen LogP contribution in [0.1, 0.15) is 47.2 Å². The molecule has 6 nitrogen and oxygen atoms in total. The van der Waals surface area contributed by atoms with E-state index in [1.165, 1.54) is 20.3 Å². The van der Waals surface area contributed by atoms with E-state index >= 15 is 0 Å². The SMILES string of the molecule is COc1cc(/C=C\C(=O)c2c(C)nn(C(C)C)c2C)cc(OC)c1O. The lowest BCUT2D eigenvalue weighted by atomic mass is 10.1. The molecule has 0 fully saturated rings. The number of rotatable bonds is 6. The second-order valence-corrected chi connectivity index (χ2v) is 6.06. The maximum absolute atomic E-state index is 12.6. The average molecular weight is 344 g/mol. The number of methoxy groups -OCH3 is 2. The largest absolute Gasteiger partial charge is 0.502 e. The highest BCUT2D eigenvalue weighted by Crippen LogP contribution is 2.37. The Morgan fingerprint density at radius 2 is 1.76 bits per heavy atom. The van der Waals surface area contributed by atoms with Crippen LogP contribution in [0, 0.1) is 13.8 Å². The number of aromatic hydroxyl groups is 1. The number of ketones is 1. The fourth-order valence-electron chi connectivity index (χ4n) is 2.79. The van der Waals surface area contributed by atoms with Crippen molar-refractivity contribution in [3.8, 4) is 17.2 Å². The number of benzene rings is 1. The summed E-state index contributed by atoms with van der Waals surface area (Å²) < 4.78 is 12.1. The third-order valence-corrected chi connectivity index (χ3v) is 3.99. The van der Waals surface area contributed by atoms with E-state index in [1.807, 2.05) is 32.4 Å². The van der Waals surface area contributed by atoms with Crippen molar-refractivity contribution in [1.82, 2.24) is 9.78 Å². The molecule has 6 heteroatoms. The van der Waals surface area contributed by atoms with Gasteiger partial charge in [0.05, 0.1) is 25.5 Å². The van der Waals surface area contributed by atoms with Crippen molar-refractivity contribution in [1.29, 1.82) is 0 Å². The number of ether oxygens (including phenoxy) is 2. The summed E-state index contributed by atoms with van der Waals surface area (Å²) in [6, 6.07) is 3.47. The van der Waals surface area contributed by atoms with Gasteiger partial charge in [0.25, 0.3) is 0 Å². The maximum Gasteiger partial charge on any atom is 0.200 e. The summed E-state index contributed by atoms with van der Waals surface area (Å²) in [5.41, 5.74) is 2.86. The van der Waals surface area contributed by atoms with Crippen molar-refractivity contribution >= 4 is 11.9 Å². The summed E-state index contributed by atoms with van der Waals surface area (Å²) in [5.74, 6) is 0.379. The van der Waals surface area contributed by atoms with Crippen LogP contribution in [0.3, 0.4) is 0 Å². The van der Waals surface area contributed by atoms with Gasteiger partial charge < -0.3 is 14.6 Å². The molecule has 0 spiro atoms. The summed E-state index contributed by atoms with van der Waals surface area (Å²) >= 11 is 0. The first kappa shape index (κ1) is 18.6. The summed E-state index contributed by atoms with van der Waals surface area (Å²) in [7, 11) is 2.92. The van der Waals surface area contributed by atoms with Crippen LogP contribution < -0.4 is 9.47 Å². The Hall–Kier alpha value is -2.76. The fraction of sp³-hybridized carbons (Fsp3) is 0.368. The van der Waals surface area contributed by atoms with Crippen LogP contribution in [0.25, 0.3) is 6.08 Å². The summed E-state index contributed by atoms with van der Waals surface area (Å²) in [6.45, 7) is 7.78. The first-order valence-corrected chi connectivity index (χ1v) is 8.03. The first-order valence-electron chi connectivity index (χ1n) is 8.03. The van der Waals surface area contributed by atoms with Crippen LogP contribution in [0.2, 0.25) is 0 Å². The van der Waals surface area contributed by atoms with Crippen molar-refractivity contribution in [2.45, 2.75) is 33.7 Å². The summed E-state index contributed by atoms with van der Waals surface area (Å²) in [5, 5.41) is 14.4. The minimum absolute atomic E-state index is 0.0709. The number of phenolic OH excluding ortho intramolecular Hbond substituents is 1. The third kappa shape index (κ3) is 3.68. The predicted molar refractivity (Wildman–Crippen MR) is 96.7 cm³/mol. The third-order valence-electron chi connectivity index (χ3n) is 3.99. The number of carbonyl (C=O) groups excluding carboxylic acids is 1. The molecule has 25 heavy (non-hydrogen) atoms. The Morgan fingerprint density at radius 3 is 2.20 bits per heavy atom. The highest BCUT2D eigenvalue weighted by Gasteiger charge is 2.18. The normalized spacial score (nSPS) is 11.3. The molecule has 0 bridgehead atoms. The van der Waals surface area contributed by atoms with Gasteiger partial charge in [-0.1, -0.05) is 6.08 Å². The van der Waals surface area contributed by atoms with Crippen LogP contribution in [-0.2, 0) is 0 Å². The highest BCUT2D eigenvalue weighted by molar-refractivity contribution is 6.08. The number of nitrogens with zero attached hydrogens (tertiary/aromatic N) is 2. The zero-order chi connectivity index (χ0) is 18.7. The van der Waals surface area contributed by atoms with Gasteiger partial charge >= 0.3 is 0 Å². The van der Waals surface area contributed by atoms with Crippen LogP contribution in [0.5, 0.6) is 17.2 Å². The molecule has 1 heterocycles. The molecule has 0 aliphatic carbocycles. The standard InChI is InChI=1S/C19H24N2O4/c1-11(2)21-13(4)18(12(3)20-21)15(22)8-7-14-9-16(24-5)19(23)17(10-14)25-6/h7-11,23H,1-6H3/b8-7-. The Balaban J connectivity index is 2.36. The smallest absolute Gasteiger partial charge is 0.200 e. The number of aromatic nitrogens is 2. The van der Waals surface area contributed by atoms with E-state index in [-0.39, 0.29) is 29.1 Å². The van der Waals surface area contributed by atoms with Crippen molar-refractivity contribution in [2.75, 3.05) is 14.2 Å². The molecule has 0 saturated heterocycles. The van der Waals surface area contributed by atoms with Gasteiger partial charge in [0.2, 0.25) is 5.75 Å². The van der Waals surface area contributed by atoms with Crippen LogP contribution in [-0.4, -0.2) is 34.9 Å². The first-order chi connectivity index (χ1) is 11.8. The summed E-state index contributed by atoms with van der Waals surface area (Å²) in [4.78, 5) is 12.6. The van der Waals surface area contributed by atoms with Crippen LogP contribution >= 0.6 is 0 Å². The number of aryl methyl sites for hydroxylation is 1. The number of hydrogen-bond acceptors (Lipinski definition) is 5. The predicted octanol–water partition coefficient (Wildman–Crippen LogP) is 3.70. The van der Waals surface area contributed by atoms with E-state index in [1.54, 1.807) is 18.2 Å². The number of carbonyl (C=O) groups is 1. The number of hydrogen-bond donors (Lipinski definition) is 1. The van der Waals surface area contributed by atoms with E-state index in [2.05, 4.69) is 5.10 Å². The molecule has 0 radical (unpaired) electrons. The molecule has 1 N–H and O–H groups in total. The van der Waals surface area contributed by atoms with Crippen LogP contribution in [0.4, 0.5) is 0 Å². The monoisotopic (exact) mass is 344 g/mol. The number of allylic oxidation sites excluding steroid dienone is 1. The lowest BCUT2D eigenvalue weighted by Gasteiger charge is -2.09. The molecule has 2 rings (SSSR count). The van der Waals surface area contributed by atoms with Gasteiger partial charge in [-0.15, -0.1) is 0 Å². The van der Waals surface area contributed by atoms with E-state index in [0.717, 1.165) is 5.69 Å². The van der Waals surface area contributed by atoms with E-state index in [4.69, 9.17) is 9.47 Å². The zero-order valence-corrected chi connectivity index (χ0v) is 15.5. The quantitative estimate of drug-likeness (QED) is 0.639. The van der Waals surface area contributed by atoms with E-state index < -0.39 is 0 Å². The minimum Gasteiger partial charge on any atom is -0.502 e. The second-order valence-electron chi connectivity index (χ2n) is 6.06. The van der Waals surface area contributed by atoms with Crippen molar-refractivity contribution in [3.63, 3.8) is 0 Å². The van der Waals surface area contributed by atoms with Crippen LogP contribution in [0.15, 0.2) is 18.2 Å². The van der Waals surface area contributed by atoms with Gasteiger partial charge in [-0.2, -0.15) is 5.10 Å². The molecule has 0 amide bonds. The highest BCUT2D eigenvalue weighted by atomic mass is 16.5. The lowest BCUT2D eigenvalue weighted by Crippen LogP contribution is -2.06. The average Bonchev–Trinajstić information content (AvgIpc) is 2.88. The van der Waals surface area contributed by atoms with Gasteiger partial charge in [0.15, 0.2) is 17.3 Å². The zero-order valence-electron chi connectivity index (χ0n) is 15.5. The Labute approximate surface area is 147 Å². The molecule has 1 aromatic heterocycles. The van der Waals surface area contributed by atoms with Gasteiger partial charge in [0, 0.05) is 11.7 Å². The molecule has 2 aromatic rings. The molecule has 0 saturated carbocycles. The Morgan fingerprint density at radius 1 is 1.20 bits per heavy atom. The van der Waals surface area contributed by atoms with Crippen molar-refractivity contribution in [3.05, 3.63) is 40.7 Å². The molecule has 0 aliphatic heterocycles. The van der Waals surface area contributed by atoms with Gasteiger partial charge in [-0.25, -0.2) is 0 Å². The molecular weight excluding hydrogens is 320 g/mol. The molecule has 0 atom stereocenters. The lowest BCUT2D eigenvalue weighted by molar-refractivity contribution is 0.104. The molecule has 134 valence electrons. The molecule has 0 aliphatic rings. The van der Waals surface area contributed by atoms with Crippen molar-refractivity contribution in [2.24, 2.45) is 0 Å². The van der Waals surface area contributed by atoms with Gasteiger partial charge in [-0.05, 0) is 51.5 Å². The summed E-state index contributed by atoms with van der Waals surface area (Å²) in [6.07, 6.45) is 3.16. The van der Waals surface area contributed by atoms with Gasteiger partial charge in [-0.3, -0.25) is 9.48 Å². The van der Waals surface area contributed by atoms with E-state index in [9.17, 15) is 9.90 Å². The maximum atomic E-state index is 12.6. The molecule has 1 aromatic carbocycles.